The van der Waals surface area contributed by atoms with Crippen molar-refractivity contribution in [2.45, 2.75) is 5.41 Å². The highest BCUT2D eigenvalue weighted by Gasteiger charge is 2.52. The van der Waals surface area contributed by atoms with Crippen LogP contribution in [0.1, 0.15) is 22.3 Å². The molecular formula is C50H36N2. The van der Waals surface area contributed by atoms with Crippen molar-refractivity contribution in [3.8, 4) is 33.4 Å². The molecule has 8 aromatic carbocycles. The number of hydrogen-bond acceptors (Lipinski definition) is 2. The summed E-state index contributed by atoms with van der Waals surface area (Å²) in [5.74, 6) is 0. The van der Waals surface area contributed by atoms with Crippen molar-refractivity contribution in [3.05, 3.63) is 222 Å². The highest BCUT2D eigenvalue weighted by molar-refractivity contribution is 5.97. The molecule has 2 heteroatoms. The molecule has 2 nitrogen and oxygen atoms in total. The minimum Gasteiger partial charge on any atom is -0.345 e. The van der Waals surface area contributed by atoms with Gasteiger partial charge < -0.3 is 9.80 Å². The largest absolute Gasteiger partial charge is 0.345 e. The topological polar surface area (TPSA) is 6.48 Å². The molecule has 2 aliphatic carbocycles. The van der Waals surface area contributed by atoms with Gasteiger partial charge in [0.2, 0.25) is 0 Å². The van der Waals surface area contributed by atoms with E-state index in [0.29, 0.717) is 0 Å². The normalized spacial score (nSPS) is 12.9. The lowest BCUT2D eigenvalue weighted by molar-refractivity contribution is 0.793. The maximum absolute atomic E-state index is 2.46. The van der Waals surface area contributed by atoms with Gasteiger partial charge in [-0.05, 0) is 116 Å². The number of hydrogen-bond donors (Lipinski definition) is 0. The molecule has 0 fully saturated rings. The molecule has 0 saturated heterocycles. The molecule has 0 heterocycles. The predicted octanol–water partition coefficient (Wildman–Crippen LogP) is 12.9. The Balaban J connectivity index is 1.17. The van der Waals surface area contributed by atoms with Crippen LogP contribution in [-0.4, -0.2) is 7.05 Å². The second-order valence-electron chi connectivity index (χ2n) is 13.8. The summed E-state index contributed by atoms with van der Waals surface area (Å²) in [4.78, 5) is 4.69. The van der Waals surface area contributed by atoms with Crippen LogP contribution in [0.25, 0.3) is 33.4 Å². The van der Waals surface area contributed by atoms with Crippen LogP contribution in [0.3, 0.4) is 0 Å². The highest BCUT2D eigenvalue weighted by atomic mass is 15.1. The summed E-state index contributed by atoms with van der Waals surface area (Å²) in [5, 5.41) is 0. The molecule has 0 saturated carbocycles. The van der Waals surface area contributed by atoms with Crippen LogP contribution in [0.5, 0.6) is 0 Å². The molecule has 8 aromatic rings. The summed E-state index contributed by atoms with van der Waals surface area (Å²) < 4.78 is 0. The number of para-hydroxylation sites is 2. The lowest BCUT2D eigenvalue weighted by atomic mass is 9.70. The zero-order chi connectivity index (χ0) is 34.6. The van der Waals surface area contributed by atoms with Crippen LogP contribution < -0.4 is 9.80 Å². The van der Waals surface area contributed by atoms with Gasteiger partial charge in [0, 0.05) is 35.5 Å². The molecule has 0 bridgehead atoms. The average molecular weight is 665 g/mol. The molecule has 0 radical (unpaired) electrons. The third-order valence-corrected chi connectivity index (χ3v) is 11.1. The van der Waals surface area contributed by atoms with E-state index in [0.717, 1.165) is 28.4 Å². The van der Waals surface area contributed by atoms with Crippen molar-refractivity contribution < 1.29 is 0 Å². The Kier molecular flexibility index (Phi) is 6.97. The smallest absolute Gasteiger partial charge is 0.0727 e. The van der Waals surface area contributed by atoms with E-state index in [9.17, 15) is 0 Å². The fourth-order valence-corrected chi connectivity index (χ4v) is 8.72. The SMILES string of the molecule is CN(c1ccc(-c2ccccc2)cc1)c1ccc2c(c1)C1(c3ccccc3-c3ccccc31)c1cc(N(c3ccccc3)c3ccccc3)ccc1-2. The number of rotatable bonds is 6. The summed E-state index contributed by atoms with van der Waals surface area (Å²) in [6.45, 7) is 0. The van der Waals surface area contributed by atoms with Crippen molar-refractivity contribution in [2.75, 3.05) is 16.8 Å². The van der Waals surface area contributed by atoms with Crippen molar-refractivity contribution in [1.82, 2.24) is 0 Å². The molecule has 52 heavy (non-hydrogen) atoms. The number of fused-ring (bicyclic) bond motifs is 10. The third kappa shape index (κ3) is 4.51. The first-order valence-electron chi connectivity index (χ1n) is 18.0. The maximum Gasteiger partial charge on any atom is 0.0727 e. The summed E-state index contributed by atoms with van der Waals surface area (Å²) in [5.41, 5.74) is 18.2. The van der Waals surface area contributed by atoms with E-state index in [1.807, 2.05) is 0 Å². The van der Waals surface area contributed by atoms with Gasteiger partial charge in [-0.2, -0.15) is 0 Å². The highest BCUT2D eigenvalue weighted by Crippen LogP contribution is 2.63. The van der Waals surface area contributed by atoms with E-state index in [1.54, 1.807) is 0 Å². The first-order chi connectivity index (χ1) is 25.7. The van der Waals surface area contributed by atoms with Crippen molar-refractivity contribution in [1.29, 1.82) is 0 Å². The summed E-state index contributed by atoms with van der Waals surface area (Å²) >= 11 is 0. The van der Waals surface area contributed by atoms with E-state index in [1.165, 1.54) is 55.6 Å². The lowest BCUT2D eigenvalue weighted by Gasteiger charge is -2.33. The van der Waals surface area contributed by atoms with E-state index in [-0.39, 0.29) is 0 Å². The summed E-state index contributed by atoms with van der Waals surface area (Å²) in [6, 6.07) is 73.2. The van der Waals surface area contributed by atoms with Gasteiger partial charge in [0.25, 0.3) is 0 Å². The van der Waals surface area contributed by atoms with Crippen molar-refractivity contribution >= 4 is 28.4 Å². The van der Waals surface area contributed by atoms with Gasteiger partial charge >= 0.3 is 0 Å². The molecule has 0 aromatic heterocycles. The molecule has 0 amide bonds. The molecule has 1 spiro atoms. The van der Waals surface area contributed by atoms with Gasteiger partial charge in [-0.3, -0.25) is 0 Å². The minimum atomic E-state index is -0.471. The second-order valence-corrected chi connectivity index (χ2v) is 13.8. The Labute approximate surface area is 305 Å². The van der Waals surface area contributed by atoms with E-state index < -0.39 is 5.41 Å². The average Bonchev–Trinajstić information content (AvgIpc) is 3.68. The van der Waals surface area contributed by atoms with Gasteiger partial charge in [-0.25, -0.2) is 0 Å². The first-order valence-corrected chi connectivity index (χ1v) is 18.0. The second kappa shape index (κ2) is 12.0. The van der Waals surface area contributed by atoms with E-state index in [2.05, 4.69) is 217 Å². The maximum atomic E-state index is 2.46. The monoisotopic (exact) mass is 664 g/mol. The number of nitrogens with zero attached hydrogens (tertiary/aromatic N) is 2. The third-order valence-electron chi connectivity index (χ3n) is 11.1. The number of anilines is 5. The zero-order valence-electron chi connectivity index (χ0n) is 28.9. The van der Waals surface area contributed by atoms with Gasteiger partial charge in [-0.15, -0.1) is 0 Å². The zero-order valence-corrected chi connectivity index (χ0v) is 28.9. The molecule has 0 aliphatic heterocycles. The molecule has 2 aliphatic rings. The Morgan fingerprint density at radius 2 is 0.712 bits per heavy atom. The Morgan fingerprint density at radius 1 is 0.308 bits per heavy atom. The molecular weight excluding hydrogens is 629 g/mol. The lowest BCUT2D eigenvalue weighted by Crippen LogP contribution is -2.26. The summed E-state index contributed by atoms with van der Waals surface area (Å²) in [6.07, 6.45) is 0. The standard InChI is InChI=1S/C50H36N2/c1-51(37-27-25-36(26-28-37)35-15-5-2-6-16-35)40-29-31-44-45-32-30-41(52(38-17-7-3-8-18-38)39-19-9-4-10-20-39)34-49(45)50(48(44)33-40)46-23-13-11-21-42(46)43-22-12-14-24-47(43)50/h2-34H,1H3. The molecule has 0 atom stereocenters. The van der Waals surface area contributed by atoms with E-state index in [4.69, 9.17) is 0 Å². The molecule has 0 unspecified atom stereocenters. The van der Waals surface area contributed by atoms with Gasteiger partial charge in [0.05, 0.1) is 5.41 Å². The van der Waals surface area contributed by atoms with Crippen molar-refractivity contribution in [3.63, 3.8) is 0 Å². The fraction of sp³-hybridized carbons (Fsp3) is 0.0400. The Morgan fingerprint density at radius 3 is 1.27 bits per heavy atom. The first kappa shape index (κ1) is 30.2. The Bertz CT molecular complexity index is 2490. The predicted molar refractivity (Wildman–Crippen MR) is 217 cm³/mol. The van der Waals surface area contributed by atoms with Crippen LogP contribution >= 0.6 is 0 Å². The van der Waals surface area contributed by atoms with Crippen LogP contribution in [0.4, 0.5) is 28.4 Å². The van der Waals surface area contributed by atoms with Crippen LogP contribution in [0.15, 0.2) is 200 Å². The van der Waals surface area contributed by atoms with Crippen molar-refractivity contribution in [2.24, 2.45) is 0 Å². The van der Waals surface area contributed by atoms with E-state index >= 15 is 0 Å². The summed E-state index contributed by atoms with van der Waals surface area (Å²) in [7, 11) is 2.18. The Hall–Kier alpha value is -6.64. The van der Waals surface area contributed by atoms with Crippen LogP contribution in [0.2, 0.25) is 0 Å². The van der Waals surface area contributed by atoms with Crippen LogP contribution in [0, 0.1) is 0 Å². The molecule has 0 N–H and O–H groups in total. The van der Waals surface area contributed by atoms with Gasteiger partial charge in [-0.1, -0.05) is 140 Å². The van der Waals surface area contributed by atoms with Crippen LogP contribution in [-0.2, 0) is 5.41 Å². The van der Waals surface area contributed by atoms with Gasteiger partial charge in [0.15, 0.2) is 0 Å². The fourth-order valence-electron chi connectivity index (χ4n) is 8.72. The number of benzene rings is 8. The minimum absolute atomic E-state index is 0.471. The quantitative estimate of drug-likeness (QED) is 0.175. The molecule has 10 rings (SSSR count). The molecule has 246 valence electrons. The van der Waals surface area contributed by atoms with Gasteiger partial charge in [0.1, 0.15) is 0 Å².